The third-order valence-electron chi connectivity index (χ3n) is 4.20. The van der Waals surface area contributed by atoms with Crippen molar-refractivity contribution < 1.29 is 17.6 Å². The Morgan fingerprint density at radius 2 is 2.05 bits per heavy atom. The van der Waals surface area contributed by atoms with Gasteiger partial charge in [0.1, 0.15) is 12.1 Å². The third-order valence-corrected chi connectivity index (χ3v) is 4.20. The van der Waals surface area contributed by atoms with Gasteiger partial charge in [0.25, 0.3) is 0 Å². The van der Waals surface area contributed by atoms with Crippen molar-refractivity contribution in [3.8, 4) is 0 Å². The van der Waals surface area contributed by atoms with E-state index in [9.17, 15) is 17.6 Å². The maximum absolute atomic E-state index is 14.6. The molecule has 1 aromatic carbocycles. The molecule has 6 heteroatoms. The zero-order valence-electron chi connectivity index (χ0n) is 11.8. The molecular formula is C15H16F4N2. The Labute approximate surface area is 119 Å². The highest BCUT2D eigenvalue weighted by Crippen LogP contribution is 2.52. The Hall–Kier alpha value is -1.59. The lowest BCUT2D eigenvalue weighted by Crippen LogP contribution is -2.19. The summed E-state index contributed by atoms with van der Waals surface area (Å²) in [5.41, 5.74) is 0.476. The van der Waals surface area contributed by atoms with Crippen molar-refractivity contribution in [2.24, 2.45) is 11.8 Å². The highest BCUT2D eigenvalue weighted by Gasteiger charge is 2.42. The van der Waals surface area contributed by atoms with E-state index in [2.05, 4.69) is 18.9 Å². The molecule has 1 heterocycles. The molecule has 1 saturated carbocycles. The summed E-state index contributed by atoms with van der Waals surface area (Å²) < 4.78 is 53.0. The van der Waals surface area contributed by atoms with Crippen molar-refractivity contribution in [3.63, 3.8) is 0 Å². The largest absolute Gasteiger partial charge is 0.408 e. The van der Waals surface area contributed by atoms with Crippen LogP contribution >= 0.6 is 0 Å². The Kier molecular flexibility index (Phi) is 3.22. The molecule has 21 heavy (non-hydrogen) atoms. The number of hydrogen-bond donors (Lipinski definition) is 0. The van der Waals surface area contributed by atoms with Crippen molar-refractivity contribution >= 4 is 10.9 Å². The summed E-state index contributed by atoms with van der Waals surface area (Å²) in [5.74, 6) is 0.423. The lowest BCUT2D eigenvalue weighted by molar-refractivity contribution is -0.141. The summed E-state index contributed by atoms with van der Waals surface area (Å²) in [6.07, 6.45) is -2.24. The van der Waals surface area contributed by atoms with Gasteiger partial charge in [-0.05, 0) is 29.7 Å². The fourth-order valence-electron chi connectivity index (χ4n) is 3.04. The van der Waals surface area contributed by atoms with Gasteiger partial charge in [-0.15, -0.1) is 0 Å². The average Bonchev–Trinajstić information content (AvgIpc) is 3.05. The van der Waals surface area contributed by atoms with Gasteiger partial charge in [-0.2, -0.15) is 18.3 Å². The molecule has 0 aliphatic heterocycles. The molecule has 0 radical (unpaired) electrons. The number of fused-ring (bicyclic) bond motifs is 1. The van der Waals surface area contributed by atoms with Gasteiger partial charge >= 0.3 is 6.18 Å². The van der Waals surface area contributed by atoms with E-state index in [1.54, 1.807) is 12.1 Å². The molecule has 2 aromatic rings. The second kappa shape index (κ2) is 4.71. The van der Waals surface area contributed by atoms with Crippen LogP contribution in [0.3, 0.4) is 0 Å². The number of halogens is 4. The SMILES string of the molecule is CC(C)[C@H]1C[C@@H]1c1ccc2cnn(CC(F)(F)F)c2c1F. The first-order valence-corrected chi connectivity index (χ1v) is 6.98. The van der Waals surface area contributed by atoms with Crippen LogP contribution in [0.4, 0.5) is 17.6 Å². The first-order valence-electron chi connectivity index (χ1n) is 6.98. The van der Waals surface area contributed by atoms with E-state index < -0.39 is 18.5 Å². The predicted molar refractivity (Wildman–Crippen MR) is 71.4 cm³/mol. The van der Waals surface area contributed by atoms with Gasteiger partial charge in [-0.1, -0.05) is 26.0 Å². The lowest BCUT2D eigenvalue weighted by Gasteiger charge is -2.10. The number of aromatic nitrogens is 2. The van der Waals surface area contributed by atoms with Crippen LogP contribution in [0.25, 0.3) is 10.9 Å². The number of alkyl halides is 3. The van der Waals surface area contributed by atoms with E-state index >= 15 is 0 Å². The van der Waals surface area contributed by atoms with Gasteiger partial charge in [0.2, 0.25) is 0 Å². The minimum Gasteiger partial charge on any atom is -0.253 e. The van der Waals surface area contributed by atoms with E-state index in [1.807, 2.05) is 0 Å². The molecule has 2 nitrogen and oxygen atoms in total. The van der Waals surface area contributed by atoms with E-state index in [0.29, 0.717) is 27.5 Å². The number of hydrogen-bond acceptors (Lipinski definition) is 1. The smallest absolute Gasteiger partial charge is 0.253 e. The van der Waals surface area contributed by atoms with Gasteiger partial charge in [-0.25, -0.2) is 4.39 Å². The molecule has 0 bridgehead atoms. The van der Waals surface area contributed by atoms with Gasteiger partial charge in [-0.3, -0.25) is 4.68 Å². The maximum atomic E-state index is 14.6. The fraction of sp³-hybridized carbons (Fsp3) is 0.533. The monoisotopic (exact) mass is 300 g/mol. The van der Waals surface area contributed by atoms with Crippen LogP contribution in [0.15, 0.2) is 18.3 Å². The zero-order valence-corrected chi connectivity index (χ0v) is 11.8. The minimum absolute atomic E-state index is 0.0424. The van der Waals surface area contributed by atoms with Crippen LogP contribution in [-0.4, -0.2) is 16.0 Å². The molecule has 1 fully saturated rings. The molecule has 3 rings (SSSR count). The van der Waals surface area contributed by atoms with Crippen molar-refractivity contribution in [2.45, 2.75) is 38.9 Å². The van der Waals surface area contributed by atoms with Gasteiger partial charge < -0.3 is 0 Å². The molecular weight excluding hydrogens is 284 g/mol. The quantitative estimate of drug-likeness (QED) is 0.763. The summed E-state index contributed by atoms with van der Waals surface area (Å²) in [4.78, 5) is 0. The molecule has 0 spiro atoms. The lowest BCUT2D eigenvalue weighted by atomic mass is 10.0. The Balaban J connectivity index is 2.02. The van der Waals surface area contributed by atoms with Crippen molar-refractivity contribution in [2.75, 3.05) is 0 Å². The van der Waals surface area contributed by atoms with E-state index in [-0.39, 0.29) is 11.4 Å². The number of benzene rings is 1. The van der Waals surface area contributed by atoms with Gasteiger partial charge in [0, 0.05) is 5.39 Å². The molecule has 1 aliphatic rings. The summed E-state index contributed by atoms with van der Waals surface area (Å²) in [6.45, 7) is 2.89. The van der Waals surface area contributed by atoms with Crippen molar-refractivity contribution in [3.05, 3.63) is 29.7 Å². The predicted octanol–water partition coefficient (Wildman–Crippen LogP) is 4.50. The van der Waals surface area contributed by atoms with Gasteiger partial charge in [0.05, 0.1) is 6.20 Å². The molecule has 0 N–H and O–H groups in total. The third kappa shape index (κ3) is 2.63. The summed E-state index contributed by atoms with van der Waals surface area (Å²) >= 11 is 0. The maximum Gasteiger partial charge on any atom is 0.408 e. The van der Waals surface area contributed by atoms with Crippen LogP contribution < -0.4 is 0 Å². The molecule has 1 aliphatic carbocycles. The second-order valence-electron chi connectivity index (χ2n) is 6.07. The minimum atomic E-state index is -4.42. The van der Waals surface area contributed by atoms with Gasteiger partial charge in [0.15, 0.2) is 5.82 Å². The summed E-state index contributed by atoms with van der Waals surface area (Å²) in [7, 11) is 0. The molecule has 0 amide bonds. The summed E-state index contributed by atoms with van der Waals surface area (Å²) in [6, 6.07) is 3.34. The molecule has 1 aromatic heterocycles. The van der Waals surface area contributed by atoms with Crippen LogP contribution in [0.2, 0.25) is 0 Å². The van der Waals surface area contributed by atoms with E-state index in [4.69, 9.17) is 0 Å². The van der Waals surface area contributed by atoms with E-state index in [0.717, 1.165) is 6.42 Å². The van der Waals surface area contributed by atoms with Crippen LogP contribution in [0.5, 0.6) is 0 Å². The molecule has 0 unspecified atom stereocenters. The van der Waals surface area contributed by atoms with Crippen molar-refractivity contribution in [1.29, 1.82) is 0 Å². The highest BCUT2D eigenvalue weighted by atomic mass is 19.4. The van der Waals surface area contributed by atoms with Crippen LogP contribution in [-0.2, 0) is 6.54 Å². The summed E-state index contributed by atoms with van der Waals surface area (Å²) in [5, 5.41) is 4.08. The normalized spacial score (nSPS) is 22.2. The topological polar surface area (TPSA) is 17.8 Å². The standard InChI is InChI=1S/C15H16F4N2/c1-8(2)11-5-12(11)10-4-3-9-6-20-21(7-15(17,18)19)14(9)13(10)16/h3-4,6,8,11-12H,5,7H2,1-2H3/t11-,12-/m1/s1. The fourth-order valence-corrected chi connectivity index (χ4v) is 3.04. The molecule has 114 valence electrons. The number of rotatable bonds is 3. The van der Waals surface area contributed by atoms with Crippen LogP contribution in [0, 0.1) is 17.7 Å². The Morgan fingerprint density at radius 3 is 2.62 bits per heavy atom. The molecule has 0 saturated heterocycles. The first-order chi connectivity index (χ1) is 9.78. The highest BCUT2D eigenvalue weighted by molar-refractivity contribution is 5.80. The Bertz CT molecular complexity index is 672. The second-order valence-corrected chi connectivity index (χ2v) is 6.07. The van der Waals surface area contributed by atoms with E-state index in [1.165, 1.54) is 6.20 Å². The first kappa shape index (κ1) is 14.4. The average molecular weight is 300 g/mol. The van der Waals surface area contributed by atoms with Crippen molar-refractivity contribution in [1.82, 2.24) is 9.78 Å². The van der Waals surface area contributed by atoms with Crippen LogP contribution in [0.1, 0.15) is 31.7 Å². The zero-order chi connectivity index (χ0) is 15.4. The number of nitrogens with zero attached hydrogens (tertiary/aromatic N) is 2. The molecule has 2 atom stereocenters. The Morgan fingerprint density at radius 1 is 1.33 bits per heavy atom.